The molecule has 3 amide bonds. The molecule has 2 N–H and O–H groups in total. The number of hydrogen-bond acceptors (Lipinski definition) is 4. The fraction of sp³-hybridized carbons (Fsp3) is 0.625. The van der Waals surface area contributed by atoms with Gasteiger partial charge >= 0.3 is 6.03 Å². The predicted molar refractivity (Wildman–Crippen MR) is 89.9 cm³/mol. The minimum absolute atomic E-state index is 0.0814. The summed E-state index contributed by atoms with van der Waals surface area (Å²) < 4.78 is 0. The molecular weight excluding hydrogens is 312 g/mol. The number of hydrogen-bond donors (Lipinski definition) is 2. The maximum absolute atomic E-state index is 12.5. The Morgan fingerprint density at radius 2 is 2.09 bits per heavy atom. The highest BCUT2D eigenvalue weighted by Gasteiger charge is 2.41. The van der Waals surface area contributed by atoms with Crippen molar-refractivity contribution in [1.82, 2.24) is 15.1 Å². The van der Waals surface area contributed by atoms with Gasteiger partial charge in [0.1, 0.15) is 5.00 Å². The van der Waals surface area contributed by atoms with E-state index >= 15 is 0 Å². The molecule has 6 nitrogen and oxygen atoms in total. The van der Waals surface area contributed by atoms with E-state index < -0.39 is 0 Å². The SMILES string of the molecule is CN1CC[C@@H]2CN(C(=O)Nc3sccc3C(=O)NC3CC3)C[C@@H]21. The molecule has 1 saturated carbocycles. The second kappa shape index (κ2) is 5.79. The number of nitrogens with zero attached hydrogens (tertiary/aromatic N) is 2. The first-order valence-corrected chi connectivity index (χ1v) is 9.14. The number of urea groups is 1. The van der Waals surface area contributed by atoms with Crippen LogP contribution in [0.1, 0.15) is 29.6 Å². The van der Waals surface area contributed by atoms with Gasteiger partial charge in [-0.2, -0.15) is 0 Å². The van der Waals surface area contributed by atoms with Crippen molar-refractivity contribution in [3.05, 3.63) is 17.0 Å². The van der Waals surface area contributed by atoms with Gasteiger partial charge < -0.3 is 15.1 Å². The predicted octanol–water partition coefficient (Wildman–Crippen LogP) is 1.81. The molecule has 0 aromatic carbocycles. The molecule has 3 heterocycles. The van der Waals surface area contributed by atoms with Gasteiger partial charge in [0.15, 0.2) is 0 Å². The summed E-state index contributed by atoms with van der Waals surface area (Å²) in [5, 5.41) is 8.41. The third kappa shape index (κ3) is 2.95. The number of carbonyl (C=O) groups excluding carboxylic acids is 2. The van der Waals surface area contributed by atoms with Gasteiger partial charge in [0.05, 0.1) is 5.56 Å². The number of likely N-dealkylation sites (tertiary alicyclic amines) is 2. The Balaban J connectivity index is 1.39. The summed E-state index contributed by atoms with van der Waals surface area (Å²) in [7, 11) is 2.13. The van der Waals surface area contributed by atoms with E-state index in [4.69, 9.17) is 0 Å². The molecule has 0 spiro atoms. The van der Waals surface area contributed by atoms with E-state index in [-0.39, 0.29) is 11.9 Å². The Kier molecular flexibility index (Phi) is 3.77. The van der Waals surface area contributed by atoms with E-state index in [2.05, 4.69) is 22.6 Å². The fourth-order valence-corrected chi connectivity index (χ4v) is 4.36. The summed E-state index contributed by atoms with van der Waals surface area (Å²) in [5.74, 6) is 0.508. The van der Waals surface area contributed by atoms with E-state index in [1.807, 2.05) is 10.3 Å². The Labute approximate surface area is 139 Å². The zero-order valence-corrected chi connectivity index (χ0v) is 14.1. The molecule has 1 aromatic rings. The lowest BCUT2D eigenvalue weighted by atomic mass is 10.1. The number of fused-ring (bicyclic) bond motifs is 1. The van der Waals surface area contributed by atoms with Gasteiger partial charge in [-0.1, -0.05) is 0 Å². The third-order valence-corrected chi connectivity index (χ3v) is 5.99. The molecule has 2 saturated heterocycles. The maximum Gasteiger partial charge on any atom is 0.322 e. The van der Waals surface area contributed by atoms with Crippen LogP contribution in [0.5, 0.6) is 0 Å². The number of rotatable bonds is 3. The normalized spacial score (nSPS) is 27.1. The third-order valence-electron chi connectivity index (χ3n) is 5.16. The summed E-state index contributed by atoms with van der Waals surface area (Å²) in [6, 6.07) is 2.50. The number of carbonyl (C=O) groups is 2. The first kappa shape index (κ1) is 15.0. The summed E-state index contributed by atoms with van der Waals surface area (Å²) in [6.45, 7) is 2.72. The summed E-state index contributed by atoms with van der Waals surface area (Å²) in [4.78, 5) is 29.0. The van der Waals surface area contributed by atoms with Crippen molar-refractivity contribution in [3.8, 4) is 0 Å². The smallest absolute Gasteiger partial charge is 0.322 e. The van der Waals surface area contributed by atoms with Crippen LogP contribution in [0.2, 0.25) is 0 Å². The van der Waals surface area contributed by atoms with Crippen molar-refractivity contribution < 1.29 is 9.59 Å². The lowest BCUT2D eigenvalue weighted by Crippen LogP contribution is -2.37. The lowest BCUT2D eigenvalue weighted by Gasteiger charge is -2.21. The molecule has 7 heteroatoms. The highest BCUT2D eigenvalue weighted by atomic mass is 32.1. The van der Waals surface area contributed by atoms with E-state index in [1.165, 1.54) is 17.8 Å². The highest BCUT2D eigenvalue weighted by Crippen LogP contribution is 2.31. The van der Waals surface area contributed by atoms with Crippen LogP contribution in [0.15, 0.2) is 11.4 Å². The summed E-state index contributed by atoms with van der Waals surface area (Å²) in [6.07, 6.45) is 3.28. The molecule has 4 rings (SSSR count). The second-order valence-corrected chi connectivity index (χ2v) is 7.76. The zero-order chi connectivity index (χ0) is 16.0. The van der Waals surface area contributed by atoms with Crippen LogP contribution in [0.3, 0.4) is 0 Å². The Bertz CT molecular complexity index is 627. The zero-order valence-electron chi connectivity index (χ0n) is 13.2. The molecule has 0 bridgehead atoms. The Morgan fingerprint density at radius 1 is 1.26 bits per heavy atom. The molecule has 2 aliphatic heterocycles. The summed E-state index contributed by atoms with van der Waals surface area (Å²) in [5.41, 5.74) is 0.576. The van der Waals surface area contributed by atoms with Gasteiger partial charge in [0, 0.05) is 25.2 Å². The van der Waals surface area contributed by atoms with Gasteiger partial charge in [-0.3, -0.25) is 10.1 Å². The molecule has 1 aromatic heterocycles. The average molecular weight is 334 g/mol. The second-order valence-electron chi connectivity index (χ2n) is 6.84. The minimum Gasteiger partial charge on any atom is -0.349 e. The van der Waals surface area contributed by atoms with Crippen molar-refractivity contribution in [3.63, 3.8) is 0 Å². The first-order chi connectivity index (χ1) is 11.1. The van der Waals surface area contributed by atoms with E-state index in [0.717, 1.165) is 32.5 Å². The van der Waals surface area contributed by atoms with Crippen LogP contribution in [-0.2, 0) is 0 Å². The van der Waals surface area contributed by atoms with Gasteiger partial charge in [0.2, 0.25) is 0 Å². The van der Waals surface area contributed by atoms with Crippen molar-refractivity contribution >= 4 is 28.3 Å². The fourth-order valence-electron chi connectivity index (χ4n) is 3.59. The number of nitrogens with one attached hydrogen (secondary N) is 2. The molecule has 3 aliphatic rings. The van der Waals surface area contributed by atoms with Crippen LogP contribution in [0.4, 0.5) is 9.80 Å². The monoisotopic (exact) mass is 334 g/mol. The molecule has 3 fully saturated rings. The van der Waals surface area contributed by atoms with Crippen LogP contribution in [0.25, 0.3) is 0 Å². The average Bonchev–Trinajstić information content (AvgIpc) is 2.95. The van der Waals surface area contributed by atoms with Crippen molar-refractivity contribution in [1.29, 1.82) is 0 Å². The highest BCUT2D eigenvalue weighted by molar-refractivity contribution is 7.14. The molecule has 0 radical (unpaired) electrons. The Morgan fingerprint density at radius 3 is 2.83 bits per heavy atom. The molecule has 1 aliphatic carbocycles. The van der Waals surface area contributed by atoms with Crippen LogP contribution in [0, 0.1) is 5.92 Å². The molecule has 2 atom stereocenters. The number of likely N-dealkylation sites (N-methyl/N-ethyl adjacent to an activating group) is 1. The first-order valence-electron chi connectivity index (χ1n) is 8.26. The molecular formula is C16H22N4O2S. The van der Waals surface area contributed by atoms with E-state index in [9.17, 15) is 9.59 Å². The topological polar surface area (TPSA) is 64.7 Å². The van der Waals surface area contributed by atoms with Crippen LogP contribution < -0.4 is 10.6 Å². The molecule has 0 unspecified atom stereocenters. The summed E-state index contributed by atoms with van der Waals surface area (Å²) >= 11 is 1.40. The number of amides is 3. The number of anilines is 1. The van der Waals surface area contributed by atoms with Crippen molar-refractivity contribution in [2.24, 2.45) is 5.92 Å². The van der Waals surface area contributed by atoms with Crippen molar-refractivity contribution in [2.75, 3.05) is 32.0 Å². The molecule has 124 valence electrons. The van der Waals surface area contributed by atoms with E-state index in [1.54, 1.807) is 6.07 Å². The van der Waals surface area contributed by atoms with Gasteiger partial charge in [0.25, 0.3) is 5.91 Å². The van der Waals surface area contributed by atoms with Crippen molar-refractivity contribution in [2.45, 2.75) is 31.3 Å². The minimum atomic E-state index is -0.0873. The van der Waals surface area contributed by atoms with Crippen LogP contribution >= 0.6 is 11.3 Å². The Hall–Kier alpha value is -1.60. The van der Waals surface area contributed by atoms with Gasteiger partial charge in [-0.15, -0.1) is 11.3 Å². The quantitative estimate of drug-likeness (QED) is 0.886. The molecule has 23 heavy (non-hydrogen) atoms. The number of thiophene rings is 1. The van der Waals surface area contributed by atoms with Crippen LogP contribution in [-0.4, -0.2) is 60.5 Å². The lowest BCUT2D eigenvalue weighted by molar-refractivity contribution is 0.0952. The maximum atomic E-state index is 12.5. The standard InChI is InChI=1S/C16H22N4O2S/c1-19-6-4-10-8-20(9-13(10)19)16(22)18-15-12(5-7-23-15)14(21)17-11-2-3-11/h5,7,10-11,13H,2-4,6,8-9H2,1H3,(H,17,21)(H,18,22)/t10-,13+/m1/s1. The van der Waals surface area contributed by atoms with E-state index in [0.29, 0.717) is 28.6 Å². The largest absolute Gasteiger partial charge is 0.349 e. The van der Waals surface area contributed by atoms with Gasteiger partial charge in [-0.05, 0) is 50.2 Å². The van der Waals surface area contributed by atoms with Gasteiger partial charge in [-0.25, -0.2) is 4.79 Å².